The Morgan fingerprint density at radius 1 is 1.47 bits per heavy atom. The topological polar surface area (TPSA) is 104 Å². The van der Waals surface area contributed by atoms with Crippen LogP contribution in [0, 0.1) is 5.92 Å². The lowest BCUT2D eigenvalue weighted by Crippen LogP contribution is -2.33. The highest BCUT2D eigenvalue weighted by molar-refractivity contribution is 5.84. The maximum absolute atomic E-state index is 10.8. The summed E-state index contributed by atoms with van der Waals surface area (Å²) >= 11 is 0. The molecule has 0 fully saturated rings. The summed E-state index contributed by atoms with van der Waals surface area (Å²) in [6.45, 7) is 1.48. The fraction of sp³-hybridized carbons (Fsp3) is 0.455. The molecule has 0 saturated carbocycles. The Labute approximate surface area is 97.8 Å². The first-order chi connectivity index (χ1) is 7.97. The third kappa shape index (κ3) is 3.07. The zero-order valence-corrected chi connectivity index (χ0v) is 9.29. The van der Waals surface area contributed by atoms with Crippen molar-refractivity contribution in [2.45, 2.75) is 25.9 Å². The van der Waals surface area contributed by atoms with Crippen LogP contribution in [0.15, 0.2) is 23.7 Å². The molecule has 2 atom stereocenters. The van der Waals surface area contributed by atoms with E-state index in [1.54, 1.807) is 0 Å². The van der Waals surface area contributed by atoms with Gasteiger partial charge in [-0.15, -0.1) is 0 Å². The van der Waals surface area contributed by atoms with Crippen molar-refractivity contribution < 1.29 is 29.6 Å². The van der Waals surface area contributed by atoms with E-state index in [0.29, 0.717) is 12.8 Å². The van der Waals surface area contributed by atoms with Crippen LogP contribution in [0.4, 0.5) is 0 Å². The Bertz CT molecular complexity index is 381. The van der Waals surface area contributed by atoms with E-state index in [1.165, 1.54) is 19.1 Å². The average Bonchev–Trinajstić information content (AvgIpc) is 2.26. The van der Waals surface area contributed by atoms with Crippen LogP contribution in [0.3, 0.4) is 0 Å². The van der Waals surface area contributed by atoms with Crippen LogP contribution < -0.4 is 0 Å². The number of rotatable bonds is 4. The number of carbonyl (C=O) groups is 2. The summed E-state index contributed by atoms with van der Waals surface area (Å²) in [5, 5.41) is 27.3. The molecule has 0 aromatic carbocycles. The predicted molar refractivity (Wildman–Crippen MR) is 56.9 cm³/mol. The minimum Gasteiger partial charge on any atom is -0.481 e. The van der Waals surface area contributed by atoms with E-state index in [-0.39, 0.29) is 11.5 Å². The van der Waals surface area contributed by atoms with Crippen molar-refractivity contribution in [3.05, 3.63) is 23.7 Å². The van der Waals surface area contributed by atoms with Gasteiger partial charge in [0.25, 0.3) is 0 Å². The fourth-order valence-electron chi connectivity index (χ4n) is 1.60. The first-order valence-electron chi connectivity index (χ1n) is 5.15. The largest absolute Gasteiger partial charge is 0.481 e. The summed E-state index contributed by atoms with van der Waals surface area (Å²) in [4.78, 5) is 21.5. The van der Waals surface area contributed by atoms with Crippen molar-refractivity contribution in [3.8, 4) is 0 Å². The molecular weight excluding hydrogens is 228 g/mol. The van der Waals surface area contributed by atoms with Gasteiger partial charge in [0.05, 0.1) is 5.92 Å². The monoisotopic (exact) mass is 242 g/mol. The van der Waals surface area contributed by atoms with Crippen molar-refractivity contribution in [1.29, 1.82) is 0 Å². The first-order valence-corrected chi connectivity index (χ1v) is 5.15. The van der Waals surface area contributed by atoms with Crippen LogP contribution in [-0.4, -0.2) is 33.4 Å². The minimum atomic E-state index is -1.31. The van der Waals surface area contributed by atoms with Crippen molar-refractivity contribution in [3.63, 3.8) is 0 Å². The molecule has 1 aliphatic rings. The van der Waals surface area contributed by atoms with Crippen LogP contribution >= 0.6 is 0 Å². The number of hydrogen-bond acceptors (Lipinski definition) is 4. The smallest absolute Gasteiger partial charge is 0.371 e. The van der Waals surface area contributed by atoms with Gasteiger partial charge in [-0.25, -0.2) is 4.79 Å². The SMILES string of the molecule is C/C=C(\OC1=CCC[C@@H](C(=O)O)[C@@H]1O)C(=O)O. The van der Waals surface area contributed by atoms with Gasteiger partial charge in [-0.2, -0.15) is 0 Å². The zero-order valence-electron chi connectivity index (χ0n) is 9.29. The normalized spacial score (nSPS) is 25.1. The van der Waals surface area contributed by atoms with Crippen LogP contribution in [0.5, 0.6) is 0 Å². The lowest BCUT2D eigenvalue weighted by atomic mass is 9.90. The number of aliphatic hydroxyl groups excluding tert-OH is 1. The Kier molecular flexibility index (Phi) is 4.28. The molecule has 0 aliphatic heterocycles. The highest BCUT2D eigenvalue weighted by Gasteiger charge is 2.33. The molecule has 6 heteroatoms. The number of ether oxygens (including phenoxy) is 1. The van der Waals surface area contributed by atoms with Crippen molar-refractivity contribution >= 4 is 11.9 Å². The molecule has 1 aliphatic carbocycles. The van der Waals surface area contributed by atoms with E-state index < -0.39 is 24.0 Å². The van der Waals surface area contributed by atoms with Gasteiger partial charge in [0.1, 0.15) is 11.9 Å². The molecule has 0 spiro atoms. The number of aliphatic hydroxyl groups is 1. The lowest BCUT2D eigenvalue weighted by Gasteiger charge is -2.25. The second-order valence-corrected chi connectivity index (χ2v) is 3.63. The number of allylic oxidation sites excluding steroid dienone is 2. The lowest BCUT2D eigenvalue weighted by molar-refractivity contribution is -0.146. The van der Waals surface area contributed by atoms with Gasteiger partial charge in [-0.1, -0.05) is 0 Å². The molecule has 0 heterocycles. The highest BCUT2D eigenvalue weighted by Crippen LogP contribution is 2.27. The molecule has 1 rings (SSSR count). The Balaban J connectivity index is 2.81. The zero-order chi connectivity index (χ0) is 13.0. The number of carboxylic acids is 2. The Hall–Kier alpha value is -1.82. The summed E-state index contributed by atoms with van der Waals surface area (Å²) in [7, 11) is 0. The van der Waals surface area contributed by atoms with Crippen LogP contribution in [0.2, 0.25) is 0 Å². The highest BCUT2D eigenvalue weighted by atomic mass is 16.5. The summed E-state index contributed by atoms with van der Waals surface area (Å²) in [5.74, 6) is -3.69. The molecule has 0 bridgehead atoms. The van der Waals surface area contributed by atoms with Gasteiger partial charge in [0.15, 0.2) is 0 Å². The third-order valence-electron chi connectivity index (χ3n) is 2.51. The molecule has 0 saturated heterocycles. The standard InChI is InChI=1S/C11H14O6/c1-2-7(11(15)16)17-8-5-3-4-6(9(8)12)10(13)14/h2,5-6,9,12H,3-4H2,1H3,(H,13,14)(H,15,16)/b7-2-/t6-,9+/m1/s1. The van der Waals surface area contributed by atoms with E-state index in [4.69, 9.17) is 14.9 Å². The van der Waals surface area contributed by atoms with E-state index in [9.17, 15) is 14.7 Å². The summed E-state index contributed by atoms with van der Waals surface area (Å²) in [5.41, 5.74) is 0. The summed E-state index contributed by atoms with van der Waals surface area (Å²) in [6.07, 6.45) is 2.17. The Morgan fingerprint density at radius 2 is 2.12 bits per heavy atom. The molecule has 0 aromatic rings. The van der Waals surface area contributed by atoms with Crippen LogP contribution in [0.25, 0.3) is 0 Å². The maximum Gasteiger partial charge on any atom is 0.371 e. The van der Waals surface area contributed by atoms with Gasteiger partial charge in [-0.05, 0) is 31.9 Å². The first kappa shape index (κ1) is 13.2. The minimum absolute atomic E-state index is 0.0147. The average molecular weight is 242 g/mol. The molecule has 17 heavy (non-hydrogen) atoms. The van der Waals surface area contributed by atoms with Crippen molar-refractivity contribution in [2.75, 3.05) is 0 Å². The number of hydrogen-bond donors (Lipinski definition) is 3. The second kappa shape index (κ2) is 5.49. The van der Waals surface area contributed by atoms with E-state index in [2.05, 4.69) is 0 Å². The van der Waals surface area contributed by atoms with E-state index >= 15 is 0 Å². The predicted octanol–water partition coefficient (Wildman–Crippen LogP) is 0.731. The van der Waals surface area contributed by atoms with Crippen molar-refractivity contribution in [1.82, 2.24) is 0 Å². The Morgan fingerprint density at radius 3 is 2.59 bits per heavy atom. The quantitative estimate of drug-likeness (QED) is 0.496. The molecule has 3 N–H and O–H groups in total. The van der Waals surface area contributed by atoms with Crippen molar-refractivity contribution in [2.24, 2.45) is 5.92 Å². The van der Waals surface area contributed by atoms with Gasteiger partial charge in [0.2, 0.25) is 5.76 Å². The molecule has 0 aromatic heterocycles. The third-order valence-corrected chi connectivity index (χ3v) is 2.51. The molecule has 0 amide bonds. The molecule has 6 nitrogen and oxygen atoms in total. The maximum atomic E-state index is 10.8. The number of carboxylic acid groups (broad SMARTS) is 2. The van der Waals surface area contributed by atoms with Gasteiger partial charge in [-0.3, -0.25) is 4.79 Å². The molecule has 0 unspecified atom stereocenters. The molecule has 0 radical (unpaired) electrons. The van der Waals surface area contributed by atoms with E-state index in [1.807, 2.05) is 0 Å². The summed E-state index contributed by atoms with van der Waals surface area (Å²) < 4.78 is 5.00. The van der Waals surface area contributed by atoms with Crippen LogP contribution in [0.1, 0.15) is 19.8 Å². The van der Waals surface area contributed by atoms with Gasteiger partial charge >= 0.3 is 11.9 Å². The van der Waals surface area contributed by atoms with E-state index in [0.717, 1.165) is 0 Å². The van der Waals surface area contributed by atoms with Gasteiger partial charge in [0, 0.05) is 0 Å². The second-order valence-electron chi connectivity index (χ2n) is 3.63. The molecular formula is C11H14O6. The van der Waals surface area contributed by atoms with Crippen LogP contribution in [-0.2, 0) is 14.3 Å². The number of aliphatic carboxylic acids is 2. The summed E-state index contributed by atoms with van der Waals surface area (Å²) in [6, 6.07) is 0. The van der Waals surface area contributed by atoms with Gasteiger partial charge < -0.3 is 20.1 Å². The fourth-order valence-corrected chi connectivity index (χ4v) is 1.60. The molecule has 94 valence electrons.